The molecule has 2 atom stereocenters. The van der Waals surface area contributed by atoms with E-state index in [-0.39, 0.29) is 11.8 Å². The van der Waals surface area contributed by atoms with Crippen LogP contribution in [0.3, 0.4) is 0 Å². The van der Waals surface area contributed by atoms with Gasteiger partial charge in [0.1, 0.15) is 5.75 Å². The Balaban J connectivity index is 2.29. The van der Waals surface area contributed by atoms with E-state index in [1.54, 1.807) is 19.1 Å². The molecule has 112 valence electrons. The van der Waals surface area contributed by atoms with Crippen molar-refractivity contribution in [2.45, 2.75) is 38.8 Å². The maximum Gasteiger partial charge on any atom is 0.212 e. The Morgan fingerprint density at radius 3 is 2.90 bits per heavy atom. The van der Waals surface area contributed by atoms with E-state index in [0.29, 0.717) is 25.2 Å². The Bertz CT molecular complexity index is 569. The number of rotatable bonds is 5. The summed E-state index contributed by atoms with van der Waals surface area (Å²) in [5.74, 6) is 0.806. The summed E-state index contributed by atoms with van der Waals surface area (Å²) < 4.78 is 32.1. The summed E-state index contributed by atoms with van der Waals surface area (Å²) in [5.41, 5.74) is 1.56. The van der Waals surface area contributed by atoms with Crippen molar-refractivity contribution < 1.29 is 18.3 Å². The van der Waals surface area contributed by atoms with Gasteiger partial charge >= 0.3 is 0 Å². The van der Waals surface area contributed by atoms with Crippen molar-refractivity contribution >= 4 is 10.0 Å². The van der Waals surface area contributed by atoms with E-state index in [9.17, 15) is 13.5 Å². The second kappa shape index (κ2) is 6.11. The van der Waals surface area contributed by atoms with Crippen LogP contribution in [0.25, 0.3) is 0 Å². The highest BCUT2D eigenvalue weighted by Gasteiger charge is 2.26. The average Bonchev–Trinajstić information content (AvgIpc) is 2.38. The fraction of sp³-hybridized carbons (Fsp3) is 0.571. The highest BCUT2D eigenvalue weighted by atomic mass is 32.2. The second-order valence-corrected chi connectivity index (χ2v) is 6.97. The number of sulfonamides is 1. The van der Waals surface area contributed by atoms with E-state index in [2.05, 4.69) is 4.72 Å². The van der Waals surface area contributed by atoms with Gasteiger partial charge < -0.3 is 9.84 Å². The van der Waals surface area contributed by atoms with E-state index in [1.165, 1.54) is 0 Å². The number of hydrogen-bond donors (Lipinski definition) is 2. The molecule has 2 rings (SSSR count). The Morgan fingerprint density at radius 2 is 2.25 bits per heavy atom. The molecule has 1 aliphatic heterocycles. The Morgan fingerprint density at radius 1 is 1.50 bits per heavy atom. The Hall–Kier alpha value is -1.11. The number of nitrogens with one attached hydrogen (secondary N) is 1. The largest absolute Gasteiger partial charge is 0.493 e. The zero-order valence-corrected chi connectivity index (χ0v) is 12.6. The zero-order chi connectivity index (χ0) is 14.8. The number of fused-ring (bicyclic) bond motifs is 1. The number of aliphatic hydroxyl groups excluding tert-OH is 1. The van der Waals surface area contributed by atoms with Crippen molar-refractivity contribution in [3.8, 4) is 5.75 Å². The highest BCUT2D eigenvalue weighted by Crippen LogP contribution is 2.34. The van der Waals surface area contributed by atoms with Crippen LogP contribution in [-0.4, -0.2) is 25.9 Å². The number of benzene rings is 1. The lowest BCUT2D eigenvalue weighted by Gasteiger charge is -2.27. The first-order valence-electron chi connectivity index (χ1n) is 6.87. The summed E-state index contributed by atoms with van der Waals surface area (Å²) in [6, 6.07) is 5.12. The van der Waals surface area contributed by atoms with Gasteiger partial charge in [-0.05, 0) is 31.0 Å². The van der Waals surface area contributed by atoms with Gasteiger partial charge in [-0.3, -0.25) is 0 Å². The molecule has 1 aromatic carbocycles. The molecule has 0 aliphatic carbocycles. The molecule has 6 heteroatoms. The second-order valence-electron chi connectivity index (χ2n) is 5.10. The summed E-state index contributed by atoms with van der Waals surface area (Å²) in [7, 11) is -3.28. The van der Waals surface area contributed by atoms with Crippen LogP contribution < -0.4 is 9.46 Å². The van der Waals surface area contributed by atoms with Gasteiger partial charge in [0.15, 0.2) is 0 Å². The molecule has 1 aromatic rings. The topological polar surface area (TPSA) is 75.6 Å². The van der Waals surface area contributed by atoms with E-state index < -0.39 is 16.1 Å². The molecule has 5 nitrogen and oxygen atoms in total. The summed E-state index contributed by atoms with van der Waals surface area (Å²) in [4.78, 5) is 0. The van der Waals surface area contributed by atoms with Crippen LogP contribution in [0, 0.1) is 0 Å². The SMILES string of the molecule is CCCS(=O)(=O)NC1CCOc2ccc(C(C)O)cc21. The van der Waals surface area contributed by atoms with Crippen LogP contribution in [-0.2, 0) is 10.0 Å². The van der Waals surface area contributed by atoms with Crippen LogP contribution in [0.1, 0.15) is 50.0 Å². The smallest absolute Gasteiger partial charge is 0.212 e. The minimum atomic E-state index is -3.28. The standard InChI is InChI=1S/C14H21NO4S/c1-3-8-20(17,18)15-13-6-7-19-14-5-4-11(10(2)16)9-12(13)14/h4-5,9-10,13,15-16H,3,6-8H2,1-2H3. The van der Waals surface area contributed by atoms with Crippen LogP contribution in [0.15, 0.2) is 18.2 Å². The monoisotopic (exact) mass is 299 g/mol. The summed E-state index contributed by atoms with van der Waals surface area (Å²) in [6.07, 6.45) is 0.591. The molecule has 0 spiro atoms. The minimum Gasteiger partial charge on any atom is -0.493 e. The van der Waals surface area contributed by atoms with Gasteiger partial charge in [0.25, 0.3) is 0 Å². The van der Waals surface area contributed by atoms with Crippen molar-refractivity contribution in [1.82, 2.24) is 4.72 Å². The molecule has 0 radical (unpaired) electrons. The van der Waals surface area contributed by atoms with Crippen LogP contribution in [0.5, 0.6) is 5.75 Å². The first-order valence-corrected chi connectivity index (χ1v) is 8.53. The van der Waals surface area contributed by atoms with Crippen molar-refractivity contribution in [3.63, 3.8) is 0 Å². The molecule has 1 aliphatic rings. The van der Waals surface area contributed by atoms with Gasteiger partial charge in [-0.25, -0.2) is 13.1 Å². The van der Waals surface area contributed by atoms with E-state index >= 15 is 0 Å². The Kier molecular flexibility index (Phi) is 4.67. The van der Waals surface area contributed by atoms with Crippen molar-refractivity contribution in [1.29, 1.82) is 0 Å². The van der Waals surface area contributed by atoms with E-state index in [4.69, 9.17) is 4.74 Å². The molecule has 0 bridgehead atoms. The normalized spacial score (nSPS) is 20.1. The van der Waals surface area contributed by atoms with Crippen molar-refractivity contribution in [3.05, 3.63) is 29.3 Å². The molecule has 2 N–H and O–H groups in total. The van der Waals surface area contributed by atoms with Gasteiger partial charge in [-0.1, -0.05) is 13.0 Å². The molecular formula is C14H21NO4S. The van der Waals surface area contributed by atoms with E-state index in [0.717, 1.165) is 11.1 Å². The predicted molar refractivity (Wildman–Crippen MR) is 77.1 cm³/mol. The van der Waals surface area contributed by atoms with Gasteiger partial charge in [0.05, 0.1) is 24.5 Å². The fourth-order valence-corrected chi connectivity index (χ4v) is 3.67. The molecule has 0 saturated heterocycles. The molecule has 0 saturated carbocycles. The van der Waals surface area contributed by atoms with Gasteiger partial charge in [-0.2, -0.15) is 0 Å². The first-order chi connectivity index (χ1) is 9.43. The quantitative estimate of drug-likeness (QED) is 0.870. The fourth-order valence-electron chi connectivity index (χ4n) is 2.34. The summed E-state index contributed by atoms with van der Waals surface area (Å²) in [5, 5.41) is 9.65. The maximum absolute atomic E-state index is 11.9. The van der Waals surface area contributed by atoms with Crippen LogP contribution >= 0.6 is 0 Å². The first kappa shape index (κ1) is 15.3. The Labute approximate surface area is 120 Å². The lowest BCUT2D eigenvalue weighted by Crippen LogP contribution is -2.33. The van der Waals surface area contributed by atoms with E-state index in [1.807, 2.05) is 13.0 Å². The number of ether oxygens (including phenoxy) is 1. The van der Waals surface area contributed by atoms with Crippen molar-refractivity contribution in [2.24, 2.45) is 0 Å². The lowest BCUT2D eigenvalue weighted by molar-refractivity contribution is 0.198. The average molecular weight is 299 g/mol. The van der Waals surface area contributed by atoms with Crippen molar-refractivity contribution in [2.75, 3.05) is 12.4 Å². The predicted octanol–water partition coefficient (Wildman–Crippen LogP) is 1.89. The maximum atomic E-state index is 11.9. The lowest BCUT2D eigenvalue weighted by atomic mass is 9.97. The molecule has 20 heavy (non-hydrogen) atoms. The van der Waals surface area contributed by atoms with Crippen LogP contribution in [0.2, 0.25) is 0 Å². The van der Waals surface area contributed by atoms with Crippen LogP contribution in [0.4, 0.5) is 0 Å². The number of hydrogen-bond acceptors (Lipinski definition) is 4. The van der Waals surface area contributed by atoms with Gasteiger partial charge in [-0.15, -0.1) is 0 Å². The highest BCUT2D eigenvalue weighted by molar-refractivity contribution is 7.89. The summed E-state index contributed by atoms with van der Waals surface area (Å²) in [6.45, 7) is 4.00. The third-order valence-electron chi connectivity index (χ3n) is 3.35. The third kappa shape index (κ3) is 3.50. The third-order valence-corrected chi connectivity index (χ3v) is 4.94. The molecule has 1 heterocycles. The van der Waals surface area contributed by atoms with Gasteiger partial charge in [0.2, 0.25) is 10.0 Å². The molecular weight excluding hydrogens is 278 g/mol. The zero-order valence-electron chi connectivity index (χ0n) is 11.8. The number of aliphatic hydroxyl groups is 1. The minimum absolute atomic E-state index is 0.121. The molecule has 0 amide bonds. The molecule has 0 aromatic heterocycles. The van der Waals surface area contributed by atoms with Gasteiger partial charge in [0, 0.05) is 12.0 Å². The molecule has 2 unspecified atom stereocenters. The molecule has 0 fully saturated rings. The summed E-state index contributed by atoms with van der Waals surface area (Å²) >= 11 is 0.